The van der Waals surface area contributed by atoms with Crippen LogP contribution in [0.2, 0.25) is 5.02 Å². The van der Waals surface area contributed by atoms with Gasteiger partial charge in [0.25, 0.3) is 0 Å². The van der Waals surface area contributed by atoms with Crippen LogP contribution in [0.1, 0.15) is 19.4 Å². The van der Waals surface area contributed by atoms with Gasteiger partial charge in [0.15, 0.2) is 5.82 Å². The molecule has 0 saturated heterocycles. The number of halogens is 6. The second kappa shape index (κ2) is 11.1. The summed E-state index contributed by atoms with van der Waals surface area (Å²) in [5, 5.41) is 15.8. The Morgan fingerprint density at radius 1 is 1.27 bits per heavy atom. The Bertz CT molecular complexity index is 1570. The SMILES string of the molecule is CN=S1(=O)C[C@@](CF)(c2cc(-c3cn(-c4ccc(Cl)cn4)nn3)ccc2F)N=C(N)C1(C)C.O=C(O)C(F)(F)F. The van der Waals surface area contributed by atoms with Crippen molar-refractivity contribution in [2.24, 2.45) is 15.1 Å². The molecule has 1 aliphatic heterocycles. The van der Waals surface area contributed by atoms with E-state index in [0.29, 0.717) is 22.1 Å². The third-order valence-electron chi connectivity index (χ3n) is 6.14. The van der Waals surface area contributed by atoms with E-state index in [0.717, 1.165) is 0 Å². The van der Waals surface area contributed by atoms with Crippen LogP contribution >= 0.6 is 11.6 Å². The van der Waals surface area contributed by atoms with Crippen LogP contribution in [0, 0.1) is 5.82 Å². The lowest BCUT2D eigenvalue weighted by molar-refractivity contribution is -0.192. The molecule has 0 aliphatic carbocycles. The number of hydrogen-bond donors (Lipinski definition) is 2. The van der Waals surface area contributed by atoms with E-state index in [-0.39, 0.29) is 17.2 Å². The van der Waals surface area contributed by atoms with Crippen LogP contribution in [-0.4, -0.2) is 71.5 Å². The molecule has 0 saturated carbocycles. The van der Waals surface area contributed by atoms with Gasteiger partial charge >= 0.3 is 12.1 Å². The Kier molecular flexibility index (Phi) is 8.55. The molecule has 0 amide bonds. The van der Waals surface area contributed by atoms with Crippen molar-refractivity contribution in [2.45, 2.75) is 30.3 Å². The van der Waals surface area contributed by atoms with Crippen LogP contribution < -0.4 is 5.73 Å². The number of nitrogens with two attached hydrogens (primary N) is 1. The lowest BCUT2D eigenvalue weighted by Gasteiger charge is -2.41. The third kappa shape index (κ3) is 5.91. The highest BCUT2D eigenvalue weighted by Gasteiger charge is 2.50. The highest BCUT2D eigenvalue weighted by Crippen LogP contribution is 2.40. The first-order valence-electron chi connectivity index (χ1n) is 11.2. The number of hydrogen-bond acceptors (Lipinski definition) is 8. The minimum absolute atomic E-state index is 0.0356. The van der Waals surface area contributed by atoms with Gasteiger partial charge in [-0.05, 0) is 44.2 Å². The molecule has 0 fully saturated rings. The van der Waals surface area contributed by atoms with Gasteiger partial charge in [-0.15, -0.1) is 5.10 Å². The van der Waals surface area contributed by atoms with Gasteiger partial charge in [-0.25, -0.2) is 31.8 Å². The van der Waals surface area contributed by atoms with Crippen LogP contribution in [0.15, 0.2) is 52.1 Å². The summed E-state index contributed by atoms with van der Waals surface area (Å²) in [7, 11) is -1.65. The fraction of sp³-hybridized carbons (Fsp3) is 0.348. The number of amidine groups is 1. The molecule has 216 valence electrons. The molecule has 1 aliphatic rings. The number of pyridine rings is 1. The van der Waals surface area contributed by atoms with Gasteiger partial charge in [0.05, 0.1) is 26.7 Å². The van der Waals surface area contributed by atoms with Crippen LogP contribution in [0.5, 0.6) is 0 Å². The van der Waals surface area contributed by atoms with Crippen molar-refractivity contribution in [2.75, 3.05) is 19.5 Å². The van der Waals surface area contributed by atoms with Gasteiger partial charge in [-0.1, -0.05) is 16.8 Å². The number of nitrogens with zero attached hydrogens (tertiary/aromatic N) is 6. The van der Waals surface area contributed by atoms with Crippen molar-refractivity contribution in [3.8, 4) is 17.1 Å². The van der Waals surface area contributed by atoms with Crippen LogP contribution in [0.25, 0.3) is 17.1 Å². The van der Waals surface area contributed by atoms with Gasteiger partial charge in [0.1, 0.15) is 34.3 Å². The van der Waals surface area contributed by atoms with E-state index in [9.17, 15) is 21.8 Å². The Morgan fingerprint density at radius 3 is 2.45 bits per heavy atom. The number of aliphatic imine (C=N–C) groups is 1. The standard InChI is InChI=1S/C21H22ClF2N7OS.C2HF3O2/c1-20(2)19(25)28-21(11-23,12-33(20,32)26-3)15-8-13(4-6-16(15)24)17-10-31(30-29-17)18-7-5-14(22)9-27-18;3-2(4,5)1(6)7/h4-10H,11-12H2,1-3H3,(H2,25,28);(H,6,7)/t21-,33?;/m0./s1. The van der Waals surface area contributed by atoms with Gasteiger partial charge < -0.3 is 10.8 Å². The monoisotopic (exact) mass is 607 g/mol. The highest BCUT2D eigenvalue weighted by molar-refractivity contribution is 7.95. The van der Waals surface area contributed by atoms with Gasteiger partial charge in [0.2, 0.25) is 0 Å². The lowest BCUT2D eigenvalue weighted by atomic mass is 9.90. The summed E-state index contributed by atoms with van der Waals surface area (Å²) >= 11 is 5.87. The molecule has 2 aromatic heterocycles. The van der Waals surface area contributed by atoms with Crippen molar-refractivity contribution < 1.29 is 36.1 Å². The summed E-state index contributed by atoms with van der Waals surface area (Å²) in [6, 6.07) is 7.45. The highest BCUT2D eigenvalue weighted by atomic mass is 35.5. The maximum atomic E-state index is 15.0. The molecule has 0 spiro atoms. The second-order valence-electron chi connectivity index (χ2n) is 9.02. The van der Waals surface area contributed by atoms with Gasteiger partial charge in [-0.3, -0.25) is 4.99 Å². The first-order valence-corrected chi connectivity index (χ1v) is 13.2. The van der Waals surface area contributed by atoms with E-state index in [1.54, 1.807) is 32.2 Å². The Labute approximate surface area is 230 Å². The molecular weight excluding hydrogens is 585 g/mol. The first-order chi connectivity index (χ1) is 18.5. The summed E-state index contributed by atoms with van der Waals surface area (Å²) in [6.45, 7) is 2.18. The number of carbonyl (C=O) groups is 1. The third-order valence-corrected chi connectivity index (χ3v) is 9.63. The quantitative estimate of drug-likeness (QED) is 0.423. The molecular formula is C23H23ClF5N7O3S. The van der Waals surface area contributed by atoms with E-state index in [1.165, 1.54) is 36.1 Å². The van der Waals surface area contributed by atoms with Crippen molar-refractivity contribution in [3.05, 3.63) is 59.1 Å². The molecule has 10 nitrogen and oxygen atoms in total. The van der Waals surface area contributed by atoms with E-state index < -0.39 is 44.7 Å². The summed E-state index contributed by atoms with van der Waals surface area (Å²) < 4.78 is 79.3. The molecule has 3 heterocycles. The predicted octanol–water partition coefficient (Wildman–Crippen LogP) is 4.17. The number of aliphatic carboxylic acids is 1. The van der Waals surface area contributed by atoms with Crippen molar-refractivity contribution in [1.82, 2.24) is 20.0 Å². The van der Waals surface area contributed by atoms with E-state index in [1.807, 2.05) is 0 Å². The summed E-state index contributed by atoms with van der Waals surface area (Å²) in [6.07, 6.45) is -2.01. The van der Waals surface area contributed by atoms with E-state index in [2.05, 4.69) is 24.7 Å². The molecule has 40 heavy (non-hydrogen) atoms. The largest absolute Gasteiger partial charge is 0.490 e. The number of benzene rings is 1. The van der Waals surface area contributed by atoms with E-state index >= 15 is 4.39 Å². The normalized spacial score (nSPS) is 22.1. The number of carboxylic acids is 1. The first kappa shape index (κ1) is 30.9. The Balaban J connectivity index is 0.000000559. The number of aromatic nitrogens is 4. The maximum Gasteiger partial charge on any atom is 0.490 e. The average molecular weight is 608 g/mol. The fourth-order valence-corrected chi connectivity index (χ4v) is 6.06. The predicted molar refractivity (Wildman–Crippen MR) is 138 cm³/mol. The number of carboxylic acid groups (broad SMARTS) is 1. The van der Waals surface area contributed by atoms with Crippen molar-refractivity contribution >= 4 is 33.1 Å². The topological polar surface area (TPSA) is 149 Å². The Hall–Kier alpha value is -3.66. The zero-order valence-electron chi connectivity index (χ0n) is 21.2. The lowest BCUT2D eigenvalue weighted by Crippen LogP contribution is -2.56. The molecule has 3 aromatic rings. The molecule has 4 rings (SSSR count). The smallest absolute Gasteiger partial charge is 0.475 e. The zero-order chi connectivity index (χ0) is 30.1. The molecule has 3 N–H and O–H groups in total. The summed E-state index contributed by atoms with van der Waals surface area (Å²) in [4.78, 5) is 17.4. The molecule has 0 bridgehead atoms. The van der Waals surface area contributed by atoms with Gasteiger partial charge in [0, 0.05) is 24.4 Å². The zero-order valence-corrected chi connectivity index (χ0v) is 22.7. The second-order valence-corrected chi connectivity index (χ2v) is 12.4. The molecule has 0 radical (unpaired) electrons. The van der Waals surface area contributed by atoms with E-state index in [4.69, 9.17) is 27.2 Å². The number of rotatable bonds is 4. The summed E-state index contributed by atoms with van der Waals surface area (Å²) in [5.74, 6) is -3.31. The molecule has 17 heteroatoms. The summed E-state index contributed by atoms with van der Waals surface area (Å²) in [5.41, 5.74) is 5.13. The average Bonchev–Trinajstić information content (AvgIpc) is 3.38. The van der Waals surface area contributed by atoms with Crippen LogP contribution in [0.4, 0.5) is 22.0 Å². The fourth-order valence-electron chi connectivity index (χ4n) is 3.69. The minimum atomic E-state index is -5.08. The minimum Gasteiger partial charge on any atom is -0.475 e. The molecule has 1 aromatic carbocycles. The number of alkyl halides is 4. The molecule has 1 unspecified atom stereocenters. The maximum absolute atomic E-state index is 15.0. The Morgan fingerprint density at radius 2 is 1.93 bits per heavy atom. The van der Waals surface area contributed by atoms with Crippen LogP contribution in [-0.2, 0) is 20.1 Å². The molecule has 2 atom stereocenters. The van der Waals surface area contributed by atoms with Crippen molar-refractivity contribution in [3.63, 3.8) is 0 Å². The van der Waals surface area contributed by atoms with Gasteiger partial charge in [-0.2, -0.15) is 13.2 Å². The van der Waals surface area contributed by atoms with Crippen LogP contribution in [0.3, 0.4) is 0 Å². The van der Waals surface area contributed by atoms with Crippen molar-refractivity contribution in [1.29, 1.82) is 0 Å².